The molecule has 0 radical (unpaired) electrons. The molecule has 3 heteroatoms. The molecule has 0 saturated carbocycles. The third-order valence-corrected chi connectivity index (χ3v) is 5.88. The number of hydrogen-bond donors (Lipinski definition) is 0. The second kappa shape index (κ2) is 7.89. The molecule has 0 aliphatic heterocycles. The fraction of sp³-hybridized carbons (Fsp3) is 0.333. The molecule has 0 N–H and O–H groups in total. The zero-order valence-electron chi connectivity index (χ0n) is 10.9. The molecule has 0 saturated heterocycles. The van der Waals surface area contributed by atoms with Crippen molar-refractivity contribution in [3.63, 3.8) is 0 Å². The van der Waals surface area contributed by atoms with Crippen LogP contribution in [0.2, 0.25) is 0 Å². The Labute approximate surface area is 126 Å². The van der Waals surface area contributed by atoms with E-state index in [-0.39, 0.29) is 0 Å². The van der Waals surface area contributed by atoms with Crippen molar-refractivity contribution in [1.29, 1.82) is 0 Å². The average Bonchev–Trinajstić information content (AvgIpc) is 2.39. The molecule has 98 valence electrons. The van der Waals surface area contributed by atoms with Gasteiger partial charge in [0.05, 0.1) is 13.7 Å². The van der Waals surface area contributed by atoms with Gasteiger partial charge < -0.3 is 0 Å². The average molecular weight is 374 g/mol. The van der Waals surface area contributed by atoms with Gasteiger partial charge in [-0.1, -0.05) is 43.7 Å². The van der Waals surface area contributed by atoms with Crippen LogP contribution in [0.15, 0.2) is 50.3 Å². The van der Waals surface area contributed by atoms with E-state index in [0.29, 0.717) is 0 Å². The van der Waals surface area contributed by atoms with Gasteiger partial charge in [-0.25, -0.2) is 4.21 Å². The van der Waals surface area contributed by atoms with E-state index >= 15 is 0 Å². The van der Waals surface area contributed by atoms with Crippen molar-refractivity contribution in [2.75, 3.05) is 0 Å². The summed E-state index contributed by atoms with van der Waals surface area (Å²) in [5.74, 6) is 0. The third-order valence-electron chi connectivity index (χ3n) is 2.70. The summed E-state index contributed by atoms with van der Waals surface area (Å²) in [6.45, 7) is 8.02. The molecular formula is C15H19IOS. The van der Waals surface area contributed by atoms with Crippen molar-refractivity contribution < 1.29 is 4.21 Å². The molecule has 1 aromatic rings. The molecule has 0 unspecified atom stereocenters. The Kier molecular flexibility index (Phi) is 6.86. The van der Waals surface area contributed by atoms with Gasteiger partial charge in [0.2, 0.25) is 0 Å². The summed E-state index contributed by atoms with van der Waals surface area (Å²) in [5, 5.41) is 0. The van der Waals surface area contributed by atoms with Crippen LogP contribution in [-0.4, -0.2) is 4.21 Å². The smallest absolute Gasteiger partial charge is 0.0914 e. The van der Waals surface area contributed by atoms with Gasteiger partial charge in [0.15, 0.2) is 0 Å². The highest BCUT2D eigenvalue weighted by Crippen LogP contribution is 2.27. The molecule has 0 spiro atoms. The topological polar surface area (TPSA) is 17.1 Å². The summed E-state index contributed by atoms with van der Waals surface area (Å²) in [5.41, 5.74) is 2.29. The van der Waals surface area contributed by atoms with Gasteiger partial charge in [-0.15, -0.1) is 0 Å². The number of allylic oxidation sites excluding steroid dienone is 2. The molecule has 0 fully saturated rings. The van der Waals surface area contributed by atoms with Crippen molar-refractivity contribution in [2.45, 2.75) is 38.0 Å². The molecule has 0 aromatic heterocycles. The molecule has 1 atom stereocenters. The Morgan fingerprint density at radius 3 is 2.50 bits per heavy atom. The Morgan fingerprint density at radius 1 is 1.39 bits per heavy atom. The van der Waals surface area contributed by atoms with E-state index in [2.05, 4.69) is 36.1 Å². The minimum Gasteiger partial charge on any atom is -0.249 e. The van der Waals surface area contributed by atoms with E-state index in [9.17, 15) is 4.21 Å². The lowest BCUT2D eigenvalue weighted by Crippen LogP contribution is -1.95. The Balaban J connectivity index is 2.96. The maximum atomic E-state index is 12.4. The second-order valence-corrected chi connectivity index (χ2v) is 7.42. The molecule has 1 aromatic carbocycles. The van der Waals surface area contributed by atoms with Crippen molar-refractivity contribution in [3.05, 3.63) is 51.0 Å². The monoisotopic (exact) mass is 374 g/mol. The number of halogens is 1. The largest absolute Gasteiger partial charge is 0.249 e. The van der Waals surface area contributed by atoms with Crippen molar-refractivity contribution in [1.82, 2.24) is 0 Å². The van der Waals surface area contributed by atoms with Crippen LogP contribution in [0.1, 0.15) is 31.7 Å². The lowest BCUT2D eigenvalue weighted by Gasteiger charge is -2.07. The predicted octanol–water partition coefficient (Wildman–Crippen LogP) is 5.13. The quantitative estimate of drug-likeness (QED) is 0.499. The zero-order chi connectivity index (χ0) is 13.5. The lowest BCUT2D eigenvalue weighted by atomic mass is 10.1. The summed E-state index contributed by atoms with van der Waals surface area (Å²) < 4.78 is 13.3. The van der Waals surface area contributed by atoms with E-state index in [1.54, 1.807) is 0 Å². The van der Waals surface area contributed by atoms with Crippen LogP contribution in [0.25, 0.3) is 0 Å². The fourth-order valence-electron chi connectivity index (χ4n) is 1.53. The van der Waals surface area contributed by atoms with E-state index in [1.165, 1.54) is 5.56 Å². The summed E-state index contributed by atoms with van der Waals surface area (Å²) in [6, 6.07) is 7.86. The first-order valence-electron chi connectivity index (χ1n) is 6.09. The molecule has 0 heterocycles. The SMILES string of the molecule is C=C/C(CCCC)=C(\I)[S@](=O)c1ccc(C)cc1. The number of benzene rings is 1. The van der Waals surface area contributed by atoms with E-state index in [0.717, 1.165) is 32.6 Å². The van der Waals surface area contributed by atoms with Crippen LogP contribution in [0.5, 0.6) is 0 Å². The van der Waals surface area contributed by atoms with Crippen molar-refractivity contribution in [2.24, 2.45) is 0 Å². The Morgan fingerprint density at radius 2 is 2.00 bits per heavy atom. The highest BCUT2D eigenvalue weighted by molar-refractivity contribution is 14.1. The van der Waals surface area contributed by atoms with Crippen LogP contribution in [-0.2, 0) is 10.8 Å². The lowest BCUT2D eigenvalue weighted by molar-refractivity contribution is 0.687. The molecule has 18 heavy (non-hydrogen) atoms. The predicted molar refractivity (Wildman–Crippen MR) is 88.4 cm³/mol. The number of unbranched alkanes of at least 4 members (excludes halogenated alkanes) is 1. The van der Waals surface area contributed by atoms with Gasteiger partial charge >= 0.3 is 0 Å². The molecule has 0 bridgehead atoms. The van der Waals surface area contributed by atoms with Crippen LogP contribution >= 0.6 is 22.6 Å². The van der Waals surface area contributed by atoms with Gasteiger partial charge in [0, 0.05) is 4.90 Å². The maximum absolute atomic E-state index is 12.4. The Bertz CT molecular complexity index is 460. The van der Waals surface area contributed by atoms with Crippen LogP contribution in [0.4, 0.5) is 0 Å². The molecule has 0 amide bonds. The molecule has 1 rings (SSSR count). The van der Waals surface area contributed by atoms with E-state index in [1.807, 2.05) is 37.3 Å². The molecule has 1 nitrogen and oxygen atoms in total. The summed E-state index contributed by atoms with van der Waals surface area (Å²) in [6.07, 6.45) is 5.04. The van der Waals surface area contributed by atoms with E-state index < -0.39 is 10.8 Å². The first-order chi connectivity index (χ1) is 8.60. The zero-order valence-corrected chi connectivity index (χ0v) is 13.9. The minimum atomic E-state index is -1.07. The number of rotatable bonds is 6. The third kappa shape index (κ3) is 4.35. The van der Waals surface area contributed by atoms with Gasteiger partial charge in [-0.2, -0.15) is 0 Å². The normalized spacial score (nSPS) is 13.9. The van der Waals surface area contributed by atoms with Gasteiger partial charge in [-0.05, 0) is 60.1 Å². The van der Waals surface area contributed by atoms with Gasteiger partial charge in [0.25, 0.3) is 0 Å². The van der Waals surface area contributed by atoms with Crippen molar-refractivity contribution >= 4 is 33.4 Å². The Hall–Kier alpha value is -0.420. The summed E-state index contributed by atoms with van der Waals surface area (Å²) >= 11 is 2.19. The standard InChI is InChI=1S/C15H19IOS/c1-4-6-7-13(5-2)15(16)18(17)14-10-8-12(3)9-11-14/h5,8-11H,2,4,6-7H2,1,3H3/b15-13-/t18-/m1/s1. The molecular weight excluding hydrogens is 355 g/mol. The number of aryl methyl sites for hydroxylation is 1. The van der Waals surface area contributed by atoms with Gasteiger partial charge in [-0.3, -0.25) is 0 Å². The minimum absolute atomic E-state index is 0.862. The van der Waals surface area contributed by atoms with Gasteiger partial charge in [0.1, 0.15) is 0 Å². The second-order valence-electron chi connectivity index (χ2n) is 4.19. The van der Waals surface area contributed by atoms with Crippen LogP contribution in [0.3, 0.4) is 0 Å². The first-order valence-corrected chi connectivity index (χ1v) is 8.32. The fourth-order valence-corrected chi connectivity index (χ4v) is 3.80. The highest BCUT2D eigenvalue weighted by Gasteiger charge is 2.11. The highest BCUT2D eigenvalue weighted by atomic mass is 127. The van der Waals surface area contributed by atoms with Crippen LogP contribution in [0, 0.1) is 6.92 Å². The van der Waals surface area contributed by atoms with Crippen molar-refractivity contribution in [3.8, 4) is 0 Å². The molecule has 0 aliphatic rings. The number of hydrogen-bond acceptors (Lipinski definition) is 1. The summed E-state index contributed by atoms with van der Waals surface area (Å²) in [4.78, 5) is 0.862. The first kappa shape index (κ1) is 15.6. The van der Waals surface area contributed by atoms with Crippen LogP contribution < -0.4 is 0 Å². The molecule has 0 aliphatic carbocycles. The maximum Gasteiger partial charge on any atom is 0.0914 e. The van der Waals surface area contributed by atoms with E-state index in [4.69, 9.17) is 0 Å². The summed E-state index contributed by atoms with van der Waals surface area (Å²) in [7, 11) is -1.07.